The molecule has 116 valence electrons. The number of amides is 1. The van der Waals surface area contributed by atoms with E-state index in [1.807, 2.05) is 35.2 Å². The normalized spacial score (nSPS) is 24.1. The van der Waals surface area contributed by atoms with Crippen molar-refractivity contribution in [3.05, 3.63) is 30.3 Å². The van der Waals surface area contributed by atoms with Crippen molar-refractivity contribution >= 4 is 18.3 Å². The van der Waals surface area contributed by atoms with Crippen LogP contribution in [0.2, 0.25) is 0 Å². The Morgan fingerprint density at radius 1 is 1.24 bits per heavy atom. The number of para-hydroxylation sites is 1. The van der Waals surface area contributed by atoms with E-state index in [0.29, 0.717) is 18.9 Å². The number of nitrogens with one attached hydrogen (secondary N) is 1. The van der Waals surface area contributed by atoms with E-state index in [2.05, 4.69) is 5.32 Å². The van der Waals surface area contributed by atoms with Gasteiger partial charge in [-0.25, -0.2) is 0 Å². The quantitative estimate of drug-likeness (QED) is 0.924. The zero-order valence-electron chi connectivity index (χ0n) is 12.2. The predicted molar refractivity (Wildman–Crippen MR) is 84.8 cm³/mol. The van der Waals surface area contributed by atoms with Crippen LogP contribution < -0.4 is 10.1 Å². The van der Waals surface area contributed by atoms with Gasteiger partial charge in [0.2, 0.25) is 5.91 Å². The summed E-state index contributed by atoms with van der Waals surface area (Å²) in [6.07, 6.45) is 1.61. The molecule has 2 saturated heterocycles. The standard InChI is InChI=1S/C16H22N2O2.ClH/c19-16(7-9-20-15-4-2-1-3-5-15)18-8-6-13-10-17-11-14(13)12-18;/h1-5,13-14,17H,6-12H2;1H. The third kappa shape index (κ3) is 4.11. The van der Waals surface area contributed by atoms with E-state index in [1.54, 1.807) is 0 Å². The molecule has 5 heteroatoms. The van der Waals surface area contributed by atoms with Crippen molar-refractivity contribution in [1.82, 2.24) is 10.2 Å². The lowest BCUT2D eigenvalue weighted by atomic mass is 9.88. The molecule has 0 radical (unpaired) electrons. The number of hydrogen-bond acceptors (Lipinski definition) is 3. The highest BCUT2D eigenvalue weighted by atomic mass is 35.5. The van der Waals surface area contributed by atoms with E-state index in [0.717, 1.165) is 44.3 Å². The van der Waals surface area contributed by atoms with E-state index in [-0.39, 0.29) is 18.3 Å². The highest BCUT2D eigenvalue weighted by Gasteiger charge is 2.34. The number of fused-ring (bicyclic) bond motifs is 1. The van der Waals surface area contributed by atoms with Crippen LogP contribution in [0.4, 0.5) is 0 Å². The van der Waals surface area contributed by atoms with Gasteiger partial charge in [0.15, 0.2) is 0 Å². The van der Waals surface area contributed by atoms with Crippen LogP contribution in [0.15, 0.2) is 30.3 Å². The van der Waals surface area contributed by atoms with Crippen molar-refractivity contribution in [3.8, 4) is 5.75 Å². The molecular weight excluding hydrogens is 288 g/mol. The Morgan fingerprint density at radius 3 is 2.81 bits per heavy atom. The van der Waals surface area contributed by atoms with Gasteiger partial charge in [-0.2, -0.15) is 0 Å². The van der Waals surface area contributed by atoms with Gasteiger partial charge in [0.25, 0.3) is 0 Å². The van der Waals surface area contributed by atoms with Crippen LogP contribution in [0.1, 0.15) is 12.8 Å². The summed E-state index contributed by atoms with van der Waals surface area (Å²) < 4.78 is 5.59. The summed E-state index contributed by atoms with van der Waals surface area (Å²) in [5.74, 6) is 2.49. The maximum Gasteiger partial charge on any atom is 0.226 e. The molecule has 0 aliphatic carbocycles. The van der Waals surface area contributed by atoms with Gasteiger partial charge < -0.3 is 15.0 Å². The molecule has 2 atom stereocenters. The SMILES string of the molecule is Cl.O=C(CCOc1ccccc1)N1CCC2CNCC2C1. The monoisotopic (exact) mass is 310 g/mol. The number of benzene rings is 1. The molecule has 2 unspecified atom stereocenters. The third-order valence-electron chi connectivity index (χ3n) is 4.38. The average molecular weight is 311 g/mol. The fourth-order valence-corrected chi connectivity index (χ4v) is 3.19. The number of halogens is 1. The minimum absolute atomic E-state index is 0. The molecule has 1 amide bonds. The molecule has 1 aromatic rings. The van der Waals surface area contributed by atoms with Gasteiger partial charge in [-0.15, -0.1) is 12.4 Å². The van der Waals surface area contributed by atoms with Gasteiger partial charge in [0, 0.05) is 13.1 Å². The summed E-state index contributed by atoms with van der Waals surface area (Å²) in [5.41, 5.74) is 0. The second kappa shape index (κ2) is 7.66. The number of nitrogens with zero attached hydrogens (tertiary/aromatic N) is 1. The molecule has 2 fully saturated rings. The van der Waals surface area contributed by atoms with Gasteiger partial charge >= 0.3 is 0 Å². The van der Waals surface area contributed by atoms with Crippen molar-refractivity contribution in [2.45, 2.75) is 12.8 Å². The minimum atomic E-state index is 0. The Morgan fingerprint density at radius 2 is 2.00 bits per heavy atom. The first kappa shape index (κ1) is 16.1. The maximum absolute atomic E-state index is 12.2. The largest absolute Gasteiger partial charge is 0.493 e. The fraction of sp³-hybridized carbons (Fsp3) is 0.562. The van der Waals surface area contributed by atoms with E-state index < -0.39 is 0 Å². The molecule has 0 spiro atoms. The molecular formula is C16H23ClN2O2. The summed E-state index contributed by atoms with van der Waals surface area (Å²) >= 11 is 0. The van der Waals surface area contributed by atoms with E-state index in [1.165, 1.54) is 0 Å². The van der Waals surface area contributed by atoms with Crippen molar-refractivity contribution in [3.63, 3.8) is 0 Å². The molecule has 0 aromatic heterocycles. The van der Waals surface area contributed by atoms with Crippen molar-refractivity contribution in [2.24, 2.45) is 11.8 Å². The molecule has 2 heterocycles. The second-order valence-electron chi connectivity index (χ2n) is 5.72. The average Bonchev–Trinajstić information content (AvgIpc) is 2.95. The summed E-state index contributed by atoms with van der Waals surface area (Å²) in [6, 6.07) is 9.67. The summed E-state index contributed by atoms with van der Waals surface area (Å²) in [6.45, 7) is 4.49. The van der Waals surface area contributed by atoms with E-state index >= 15 is 0 Å². The van der Waals surface area contributed by atoms with Crippen molar-refractivity contribution in [2.75, 3.05) is 32.8 Å². The number of carbonyl (C=O) groups is 1. The summed E-state index contributed by atoms with van der Waals surface area (Å²) in [5, 5.41) is 3.43. The highest BCUT2D eigenvalue weighted by molar-refractivity contribution is 5.85. The molecule has 3 rings (SSSR count). The lowest BCUT2D eigenvalue weighted by Gasteiger charge is -2.34. The first-order valence-corrected chi connectivity index (χ1v) is 7.49. The Kier molecular flexibility index (Phi) is 5.88. The van der Waals surface area contributed by atoms with Gasteiger partial charge in [-0.05, 0) is 43.5 Å². The Bertz CT molecular complexity index is 455. The first-order chi connectivity index (χ1) is 9.83. The summed E-state index contributed by atoms with van der Waals surface area (Å²) in [7, 11) is 0. The van der Waals surface area contributed by atoms with Crippen LogP contribution in [0.5, 0.6) is 5.75 Å². The Hall–Kier alpha value is -1.26. The van der Waals surface area contributed by atoms with Crippen molar-refractivity contribution < 1.29 is 9.53 Å². The van der Waals surface area contributed by atoms with E-state index in [9.17, 15) is 4.79 Å². The van der Waals surface area contributed by atoms with Gasteiger partial charge in [-0.3, -0.25) is 4.79 Å². The lowest BCUT2D eigenvalue weighted by Crippen LogP contribution is -2.43. The number of piperidine rings is 1. The number of ether oxygens (including phenoxy) is 1. The zero-order chi connectivity index (χ0) is 13.8. The van der Waals surface area contributed by atoms with Crippen LogP contribution in [0.25, 0.3) is 0 Å². The molecule has 1 aromatic carbocycles. The predicted octanol–water partition coefficient (Wildman–Crippen LogP) is 1.95. The third-order valence-corrected chi connectivity index (χ3v) is 4.38. The number of carbonyl (C=O) groups excluding carboxylic acids is 1. The maximum atomic E-state index is 12.2. The first-order valence-electron chi connectivity index (χ1n) is 7.49. The van der Waals surface area contributed by atoms with Crippen molar-refractivity contribution in [1.29, 1.82) is 0 Å². The highest BCUT2D eigenvalue weighted by Crippen LogP contribution is 2.26. The molecule has 2 aliphatic rings. The second-order valence-corrected chi connectivity index (χ2v) is 5.72. The van der Waals surface area contributed by atoms with Crippen LogP contribution in [-0.2, 0) is 4.79 Å². The van der Waals surface area contributed by atoms with E-state index in [4.69, 9.17) is 4.74 Å². The number of likely N-dealkylation sites (tertiary alicyclic amines) is 1. The minimum Gasteiger partial charge on any atom is -0.493 e. The smallest absolute Gasteiger partial charge is 0.226 e. The Balaban J connectivity index is 0.00000161. The van der Waals surface area contributed by atoms with Crippen LogP contribution in [-0.4, -0.2) is 43.6 Å². The lowest BCUT2D eigenvalue weighted by molar-refractivity contribution is -0.133. The van der Waals surface area contributed by atoms with Gasteiger partial charge in [-0.1, -0.05) is 18.2 Å². The Labute approximate surface area is 132 Å². The van der Waals surface area contributed by atoms with Crippen LogP contribution in [0, 0.1) is 11.8 Å². The number of rotatable bonds is 4. The topological polar surface area (TPSA) is 41.6 Å². The molecule has 1 N–H and O–H groups in total. The summed E-state index contributed by atoms with van der Waals surface area (Å²) in [4.78, 5) is 14.2. The number of hydrogen-bond donors (Lipinski definition) is 1. The molecule has 0 saturated carbocycles. The zero-order valence-corrected chi connectivity index (χ0v) is 13.0. The molecule has 4 nitrogen and oxygen atoms in total. The fourth-order valence-electron chi connectivity index (χ4n) is 3.19. The van der Waals surface area contributed by atoms with Crippen LogP contribution >= 0.6 is 12.4 Å². The van der Waals surface area contributed by atoms with Crippen LogP contribution in [0.3, 0.4) is 0 Å². The van der Waals surface area contributed by atoms with Gasteiger partial charge in [0.1, 0.15) is 5.75 Å². The molecule has 2 aliphatic heterocycles. The molecule has 0 bridgehead atoms. The molecule has 21 heavy (non-hydrogen) atoms. The van der Waals surface area contributed by atoms with Gasteiger partial charge in [0.05, 0.1) is 13.0 Å².